The maximum Gasteiger partial charge on any atom is 0.206 e. The van der Waals surface area contributed by atoms with Crippen LogP contribution in [0.3, 0.4) is 0 Å². The first-order valence-electron chi connectivity index (χ1n) is 6.81. The lowest BCUT2D eigenvalue weighted by atomic mass is 10.1. The standard InChI is InChI=1S/C15H15N3OS/c1-10-4-5-13(19-10)18-14(11-6-8-20-9-11)17-12-3-2-7-16-15(12)18/h2-5,7,11H,6,8-9H2,1H3. The molecular formula is C15H15N3OS. The molecule has 1 saturated heterocycles. The second-order valence-corrected chi connectivity index (χ2v) is 6.25. The zero-order chi connectivity index (χ0) is 13.5. The van der Waals surface area contributed by atoms with Gasteiger partial charge in [0, 0.05) is 23.9 Å². The normalized spacial score (nSPS) is 18.9. The summed E-state index contributed by atoms with van der Waals surface area (Å²) in [5, 5.41) is 0. The Kier molecular flexibility index (Phi) is 2.80. The molecule has 0 spiro atoms. The van der Waals surface area contributed by atoms with Crippen molar-refractivity contribution in [2.75, 3.05) is 11.5 Å². The maximum absolute atomic E-state index is 5.81. The maximum atomic E-state index is 5.81. The monoisotopic (exact) mass is 285 g/mol. The number of rotatable bonds is 2. The van der Waals surface area contributed by atoms with E-state index in [4.69, 9.17) is 9.40 Å². The van der Waals surface area contributed by atoms with E-state index in [9.17, 15) is 0 Å². The highest BCUT2D eigenvalue weighted by Gasteiger charge is 2.26. The first-order valence-corrected chi connectivity index (χ1v) is 7.96. The lowest BCUT2D eigenvalue weighted by molar-refractivity contribution is 0.503. The quantitative estimate of drug-likeness (QED) is 0.722. The second-order valence-electron chi connectivity index (χ2n) is 5.10. The zero-order valence-corrected chi connectivity index (χ0v) is 12.1. The number of aromatic nitrogens is 3. The van der Waals surface area contributed by atoms with Crippen molar-refractivity contribution in [3.63, 3.8) is 0 Å². The molecule has 102 valence electrons. The molecule has 0 radical (unpaired) electrons. The highest BCUT2D eigenvalue weighted by atomic mass is 32.2. The minimum absolute atomic E-state index is 0.486. The van der Waals surface area contributed by atoms with Gasteiger partial charge in [0.1, 0.15) is 17.1 Å². The SMILES string of the molecule is Cc1ccc(-n2c(C3CCSC3)nc3cccnc32)o1. The van der Waals surface area contributed by atoms with Gasteiger partial charge in [-0.3, -0.25) is 0 Å². The molecule has 0 N–H and O–H groups in total. The topological polar surface area (TPSA) is 43.9 Å². The summed E-state index contributed by atoms with van der Waals surface area (Å²) >= 11 is 1.99. The van der Waals surface area contributed by atoms with Crippen LogP contribution in [0.2, 0.25) is 0 Å². The average Bonchev–Trinajstić information content (AvgIpc) is 3.16. The minimum atomic E-state index is 0.486. The van der Waals surface area contributed by atoms with Crippen molar-refractivity contribution in [3.05, 3.63) is 42.0 Å². The van der Waals surface area contributed by atoms with Crippen LogP contribution in [0.5, 0.6) is 0 Å². The Labute approximate surface area is 121 Å². The third-order valence-electron chi connectivity index (χ3n) is 3.68. The lowest BCUT2D eigenvalue weighted by Gasteiger charge is -2.10. The summed E-state index contributed by atoms with van der Waals surface area (Å²) in [6.07, 6.45) is 2.98. The van der Waals surface area contributed by atoms with Gasteiger partial charge in [0.2, 0.25) is 5.88 Å². The Morgan fingerprint density at radius 3 is 3.05 bits per heavy atom. The molecule has 5 heteroatoms. The number of imidazole rings is 1. The number of fused-ring (bicyclic) bond motifs is 1. The Morgan fingerprint density at radius 2 is 2.30 bits per heavy atom. The van der Waals surface area contributed by atoms with Gasteiger partial charge >= 0.3 is 0 Å². The van der Waals surface area contributed by atoms with Crippen LogP contribution >= 0.6 is 11.8 Å². The number of thioether (sulfide) groups is 1. The Morgan fingerprint density at radius 1 is 1.35 bits per heavy atom. The van der Waals surface area contributed by atoms with E-state index in [-0.39, 0.29) is 0 Å². The minimum Gasteiger partial charge on any atom is -0.445 e. The molecule has 3 aromatic heterocycles. The molecule has 20 heavy (non-hydrogen) atoms. The number of hydrogen-bond acceptors (Lipinski definition) is 4. The van der Waals surface area contributed by atoms with Gasteiger partial charge in [-0.25, -0.2) is 14.5 Å². The summed E-state index contributed by atoms with van der Waals surface area (Å²) in [6.45, 7) is 1.96. The summed E-state index contributed by atoms with van der Waals surface area (Å²) in [5.74, 6) is 5.62. The Hall–Kier alpha value is -1.75. The molecule has 0 aliphatic carbocycles. The number of furan rings is 1. The second kappa shape index (κ2) is 4.66. The van der Waals surface area contributed by atoms with Gasteiger partial charge in [0.15, 0.2) is 5.65 Å². The molecule has 4 heterocycles. The van der Waals surface area contributed by atoms with Crippen molar-refractivity contribution in [1.82, 2.24) is 14.5 Å². The van der Waals surface area contributed by atoms with E-state index in [0.717, 1.165) is 34.4 Å². The van der Waals surface area contributed by atoms with Crippen LogP contribution in [0.25, 0.3) is 17.0 Å². The Bertz CT molecular complexity index is 755. The first-order chi connectivity index (χ1) is 9.83. The molecule has 1 aliphatic rings. The van der Waals surface area contributed by atoms with Gasteiger partial charge in [-0.05, 0) is 37.3 Å². The van der Waals surface area contributed by atoms with E-state index in [2.05, 4.69) is 9.55 Å². The zero-order valence-electron chi connectivity index (χ0n) is 11.2. The van der Waals surface area contributed by atoms with E-state index < -0.39 is 0 Å². The molecule has 4 nitrogen and oxygen atoms in total. The molecule has 1 unspecified atom stereocenters. The summed E-state index contributed by atoms with van der Waals surface area (Å²) < 4.78 is 7.89. The molecule has 0 aromatic carbocycles. The van der Waals surface area contributed by atoms with Gasteiger partial charge < -0.3 is 4.42 Å². The van der Waals surface area contributed by atoms with Crippen LogP contribution in [-0.2, 0) is 0 Å². The van der Waals surface area contributed by atoms with Gasteiger partial charge in [-0.15, -0.1) is 0 Å². The van der Waals surface area contributed by atoms with Gasteiger partial charge in [0.05, 0.1) is 0 Å². The van der Waals surface area contributed by atoms with E-state index >= 15 is 0 Å². The largest absolute Gasteiger partial charge is 0.445 e. The number of nitrogens with zero attached hydrogens (tertiary/aromatic N) is 3. The predicted molar refractivity (Wildman–Crippen MR) is 80.6 cm³/mol. The van der Waals surface area contributed by atoms with Crippen LogP contribution < -0.4 is 0 Å². The fourth-order valence-electron chi connectivity index (χ4n) is 2.70. The molecule has 3 aromatic rings. The van der Waals surface area contributed by atoms with Crippen molar-refractivity contribution < 1.29 is 4.42 Å². The van der Waals surface area contributed by atoms with Crippen LogP contribution in [0, 0.1) is 6.92 Å². The number of aryl methyl sites for hydroxylation is 1. The van der Waals surface area contributed by atoms with E-state index in [1.54, 1.807) is 0 Å². The number of pyridine rings is 1. The van der Waals surface area contributed by atoms with Crippen molar-refractivity contribution in [3.8, 4) is 5.88 Å². The molecule has 0 saturated carbocycles. The molecule has 0 bridgehead atoms. The smallest absolute Gasteiger partial charge is 0.206 e. The van der Waals surface area contributed by atoms with E-state index in [0.29, 0.717) is 5.92 Å². The molecule has 1 atom stereocenters. The van der Waals surface area contributed by atoms with Crippen molar-refractivity contribution in [1.29, 1.82) is 0 Å². The third kappa shape index (κ3) is 1.85. The highest BCUT2D eigenvalue weighted by molar-refractivity contribution is 7.99. The summed E-state index contributed by atoms with van der Waals surface area (Å²) in [7, 11) is 0. The average molecular weight is 285 g/mol. The van der Waals surface area contributed by atoms with Crippen LogP contribution in [-0.4, -0.2) is 26.0 Å². The summed E-state index contributed by atoms with van der Waals surface area (Å²) in [6, 6.07) is 7.93. The van der Waals surface area contributed by atoms with Crippen molar-refractivity contribution in [2.24, 2.45) is 0 Å². The molecule has 4 rings (SSSR count). The van der Waals surface area contributed by atoms with Gasteiger partial charge in [0.25, 0.3) is 0 Å². The van der Waals surface area contributed by atoms with Crippen molar-refractivity contribution in [2.45, 2.75) is 19.3 Å². The number of hydrogen-bond donors (Lipinski definition) is 0. The van der Waals surface area contributed by atoms with Crippen LogP contribution in [0.1, 0.15) is 23.9 Å². The van der Waals surface area contributed by atoms with Crippen LogP contribution in [0.15, 0.2) is 34.9 Å². The fourth-order valence-corrected chi connectivity index (χ4v) is 3.92. The molecule has 0 amide bonds. The van der Waals surface area contributed by atoms with Crippen LogP contribution in [0.4, 0.5) is 0 Å². The molecular weight excluding hydrogens is 270 g/mol. The third-order valence-corrected chi connectivity index (χ3v) is 4.85. The van der Waals surface area contributed by atoms with E-state index in [1.165, 1.54) is 12.2 Å². The summed E-state index contributed by atoms with van der Waals surface area (Å²) in [4.78, 5) is 9.30. The fraction of sp³-hybridized carbons (Fsp3) is 0.333. The predicted octanol–water partition coefficient (Wildman–Crippen LogP) is 3.54. The Balaban J connectivity index is 1.97. The lowest BCUT2D eigenvalue weighted by Crippen LogP contribution is -2.07. The van der Waals surface area contributed by atoms with Gasteiger partial charge in [-0.1, -0.05) is 0 Å². The first kappa shape index (κ1) is 12.0. The molecule has 1 aliphatic heterocycles. The molecule has 1 fully saturated rings. The van der Waals surface area contributed by atoms with E-state index in [1.807, 2.05) is 49.1 Å². The van der Waals surface area contributed by atoms with Crippen molar-refractivity contribution >= 4 is 22.9 Å². The van der Waals surface area contributed by atoms with Gasteiger partial charge in [-0.2, -0.15) is 11.8 Å². The summed E-state index contributed by atoms with van der Waals surface area (Å²) in [5.41, 5.74) is 1.82. The highest BCUT2D eigenvalue weighted by Crippen LogP contribution is 2.35.